The van der Waals surface area contributed by atoms with E-state index in [-0.39, 0.29) is 28.5 Å². The lowest BCUT2D eigenvalue weighted by Crippen LogP contribution is -2.57. The summed E-state index contributed by atoms with van der Waals surface area (Å²) >= 11 is 0. The molecular weight excluding hydrogens is 252 g/mol. The van der Waals surface area contributed by atoms with Crippen molar-refractivity contribution in [3.8, 4) is 0 Å². The Morgan fingerprint density at radius 2 is 1.95 bits per heavy atom. The largest absolute Gasteiger partial charge is 0.450 e. The third kappa shape index (κ3) is 4.37. The van der Waals surface area contributed by atoms with E-state index in [0.29, 0.717) is 6.61 Å². The molecule has 1 fully saturated rings. The molecule has 0 saturated heterocycles. The maximum Gasteiger partial charge on any atom is 0.407 e. The highest BCUT2D eigenvalue weighted by Gasteiger charge is 2.48. The standard InChI is InChI=1S/C16H32N2O2/c1-7-8-20-13(19)18-12-9-14(2,3)11-16(6,10-12)15(4,5)17/h12H,7-11,17H2,1-6H3,(H,18,19). The molecule has 1 aliphatic rings. The molecule has 2 unspecified atom stereocenters. The van der Waals surface area contributed by atoms with Crippen molar-refractivity contribution in [2.45, 2.75) is 78.8 Å². The van der Waals surface area contributed by atoms with Crippen LogP contribution < -0.4 is 11.1 Å². The first-order chi connectivity index (χ1) is 8.99. The maximum atomic E-state index is 11.8. The highest BCUT2D eigenvalue weighted by Crippen LogP contribution is 2.50. The molecule has 20 heavy (non-hydrogen) atoms. The average Bonchev–Trinajstić information content (AvgIpc) is 2.21. The number of nitrogens with two attached hydrogens (primary N) is 1. The fourth-order valence-corrected chi connectivity index (χ4v) is 3.48. The number of ether oxygens (including phenoxy) is 1. The number of hydrogen-bond acceptors (Lipinski definition) is 3. The fourth-order valence-electron chi connectivity index (χ4n) is 3.48. The van der Waals surface area contributed by atoms with Crippen molar-refractivity contribution in [1.29, 1.82) is 0 Å². The fraction of sp³-hybridized carbons (Fsp3) is 0.938. The van der Waals surface area contributed by atoms with Crippen LogP contribution in [0.3, 0.4) is 0 Å². The minimum Gasteiger partial charge on any atom is -0.450 e. The normalized spacial score (nSPS) is 29.9. The third-order valence-electron chi connectivity index (χ3n) is 4.68. The van der Waals surface area contributed by atoms with Crippen LogP contribution in [-0.2, 0) is 4.74 Å². The van der Waals surface area contributed by atoms with Gasteiger partial charge < -0.3 is 15.8 Å². The van der Waals surface area contributed by atoms with Crippen molar-refractivity contribution in [1.82, 2.24) is 5.32 Å². The van der Waals surface area contributed by atoms with Gasteiger partial charge in [-0.1, -0.05) is 27.7 Å². The Labute approximate surface area is 123 Å². The Balaban J connectivity index is 2.76. The molecule has 0 aromatic rings. The van der Waals surface area contributed by atoms with Crippen LogP contribution in [0.5, 0.6) is 0 Å². The quantitative estimate of drug-likeness (QED) is 0.831. The predicted octanol–water partition coefficient (Wildman–Crippen LogP) is 3.44. The number of rotatable bonds is 4. The summed E-state index contributed by atoms with van der Waals surface area (Å²) in [4.78, 5) is 11.8. The molecule has 0 spiro atoms. The zero-order chi connectivity index (χ0) is 15.6. The summed E-state index contributed by atoms with van der Waals surface area (Å²) in [7, 11) is 0. The zero-order valence-electron chi connectivity index (χ0n) is 14.0. The lowest BCUT2D eigenvalue weighted by molar-refractivity contribution is 0.0183. The summed E-state index contributed by atoms with van der Waals surface area (Å²) in [6, 6.07) is 0.135. The van der Waals surface area contributed by atoms with Crippen LogP contribution >= 0.6 is 0 Å². The smallest absolute Gasteiger partial charge is 0.407 e. The summed E-state index contributed by atoms with van der Waals surface area (Å²) in [5, 5.41) is 3.02. The van der Waals surface area contributed by atoms with Gasteiger partial charge in [0.2, 0.25) is 0 Å². The first-order valence-electron chi connectivity index (χ1n) is 7.71. The Hall–Kier alpha value is -0.770. The molecule has 4 heteroatoms. The molecule has 0 heterocycles. The monoisotopic (exact) mass is 284 g/mol. The number of hydrogen-bond donors (Lipinski definition) is 2. The van der Waals surface area contributed by atoms with E-state index < -0.39 is 0 Å². The second-order valence-electron chi connectivity index (χ2n) is 8.01. The van der Waals surface area contributed by atoms with Crippen LogP contribution in [-0.4, -0.2) is 24.3 Å². The topological polar surface area (TPSA) is 64.3 Å². The number of nitrogens with one attached hydrogen (secondary N) is 1. The SMILES string of the molecule is CCCOC(=O)NC1CC(C)(C)CC(C)(C(C)(C)N)C1. The third-order valence-corrected chi connectivity index (χ3v) is 4.68. The first kappa shape index (κ1) is 17.3. The second kappa shape index (κ2) is 5.92. The van der Waals surface area contributed by atoms with Gasteiger partial charge in [0.25, 0.3) is 0 Å². The van der Waals surface area contributed by atoms with Crippen LogP contribution in [0.4, 0.5) is 4.79 Å². The molecular formula is C16H32N2O2. The molecule has 3 N–H and O–H groups in total. The Morgan fingerprint density at radius 3 is 2.45 bits per heavy atom. The molecule has 2 atom stereocenters. The first-order valence-corrected chi connectivity index (χ1v) is 7.71. The number of carbonyl (C=O) groups excluding carboxylic acids is 1. The number of amides is 1. The van der Waals surface area contributed by atoms with Gasteiger partial charge in [-0.05, 0) is 50.4 Å². The van der Waals surface area contributed by atoms with Crippen LogP contribution in [0.2, 0.25) is 0 Å². The van der Waals surface area contributed by atoms with Gasteiger partial charge in [-0.3, -0.25) is 0 Å². The van der Waals surface area contributed by atoms with Gasteiger partial charge in [0.1, 0.15) is 0 Å². The van der Waals surface area contributed by atoms with Gasteiger partial charge in [0.05, 0.1) is 6.61 Å². The van der Waals surface area contributed by atoms with Crippen molar-refractivity contribution in [3.05, 3.63) is 0 Å². The van der Waals surface area contributed by atoms with E-state index in [1.165, 1.54) is 0 Å². The van der Waals surface area contributed by atoms with Crippen molar-refractivity contribution < 1.29 is 9.53 Å². The minimum atomic E-state index is -0.299. The van der Waals surface area contributed by atoms with E-state index in [9.17, 15) is 4.79 Å². The van der Waals surface area contributed by atoms with Gasteiger partial charge in [0, 0.05) is 11.6 Å². The number of alkyl carbamates (subject to hydrolysis) is 1. The molecule has 118 valence electrons. The van der Waals surface area contributed by atoms with Crippen LogP contribution in [0.15, 0.2) is 0 Å². The molecule has 1 saturated carbocycles. The summed E-state index contributed by atoms with van der Waals surface area (Å²) in [5.41, 5.74) is 6.31. The lowest BCUT2D eigenvalue weighted by Gasteiger charge is -2.52. The summed E-state index contributed by atoms with van der Waals surface area (Å²) < 4.78 is 5.13. The lowest BCUT2D eigenvalue weighted by atomic mass is 9.56. The van der Waals surface area contributed by atoms with Gasteiger partial charge in [0.15, 0.2) is 0 Å². The molecule has 1 amide bonds. The van der Waals surface area contributed by atoms with E-state index in [0.717, 1.165) is 25.7 Å². The highest BCUT2D eigenvalue weighted by atomic mass is 16.5. The molecule has 0 aromatic carbocycles. The molecule has 1 rings (SSSR count). The predicted molar refractivity (Wildman–Crippen MR) is 82.6 cm³/mol. The van der Waals surface area contributed by atoms with Crippen LogP contribution in [0.1, 0.15) is 67.2 Å². The summed E-state index contributed by atoms with van der Waals surface area (Å²) in [6.07, 6.45) is 3.50. The highest BCUT2D eigenvalue weighted by molar-refractivity contribution is 5.67. The number of carbonyl (C=O) groups is 1. The van der Waals surface area contributed by atoms with E-state index in [2.05, 4.69) is 39.9 Å². The van der Waals surface area contributed by atoms with E-state index in [1.54, 1.807) is 0 Å². The molecule has 1 aliphatic carbocycles. The minimum absolute atomic E-state index is 0.0114. The van der Waals surface area contributed by atoms with Crippen molar-refractivity contribution in [2.24, 2.45) is 16.6 Å². The Bertz CT molecular complexity index is 347. The molecule has 0 radical (unpaired) electrons. The van der Waals surface area contributed by atoms with E-state index in [4.69, 9.17) is 10.5 Å². The second-order valence-corrected chi connectivity index (χ2v) is 8.01. The summed E-state index contributed by atoms with van der Waals surface area (Å²) in [6.45, 7) is 13.4. The zero-order valence-corrected chi connectivity index (χ0v) is 14.0. The van der Waals surface area contributed by atoms with Gasteiger partial charge in [-0.25, -0.2) is 4.79 Å². The maximum absolute atomic E-state index is 11.8. The molecule has 0 bridgehead atoms. The Kier molecular flexibility index (Phi) is 5.12. The van der Waals surface area contributed by atoms with Gasteiger partial charge in [-0.15, -0.1) is 0 Å². The summed E-state index contributed by atoms with van der Waals surface area (Å²) in [5.74, 6) is 0. The Morgan fingerprint density at radius 1 is 1.35 bits per heavy atom. The molecule has 0 aromatic heterocycles. The van der Waals surface area contributed by atoms with E-state index >= 15 is 0 Å². The van der Waals surface area contributed by atoms with Gasteiger partial charge in [-0.2, -0.15) is 0 Å². The van der Waals surface area contributed by atoms with E-state index in [1.807, 2.05) is 6.92 Å². The van der Waals surface area contributed by atoms with Crippen molar-refractivity contribution in [2.75, 3.05) is 6.61 Å². The average molecular weight is 284 g/mol. The van der Waals surface area contributed by atoms with Gasteiger partial charge >= 0.3 is 6.09 Å². The molecule has 4 nitrogen and oxygen atoms in total. The van der Waals surface area contributed by atoms with Crippen molar-refractivity contribution in [3.63, 3.8) is 0 Å². The van der Waals surface area contributed by atoms with Crippen molar-refractivity contribution >= 4 is 6.09 Å². The van der Waals surface area contributed by atoms with Crippen LogP contribution in [0, 0.1) is 10.8 Å². The molecule has 0 aliphatic heterocycles. The van der Waals surface area contributed by atoms with Crippen LogP contribution in [0.25, 0.3) is 0 Å².